The maximum absolute atomic E-state index is 11.0. The number of carboxylic acids is 1. The highest BCUT2D eigenvalue weighted by Crippen LogP contribution is 2.29. The fourth-order valence-corrected chi connectivity index (χ4v) is 2.48. The molecule has 3 nitrogen and oxygen atoms in total. The van der Waals surface area contributed by atoms with E-state index in [4.69, 9.17) is 5.11 Å². The van der Waals surface area contributed by atoms with Crippen molar-refractivity contribution in [2.75, 3.05) is 0 Å². The number of aromatic nitrogens is 1. The lowest BCUT2D eigenvalue weighted by Crippen LogP contribution is -1.98. The Bertz CT molecular complexity index is 525. The number of thiazole rings is 1. The Balaban J connectivity index is 2.58. The van der Waals surface area contributed by atoms with Crippen LogP contribution in [0.2, 0.25) is 0 Å². The summed E-state index contributed by atoms with van der Waals surface area (Å²) in [6, 6.07) is 6.02. The van der Waals surface area contributed by atoms with E-state index in [0.717, 1.165) is 21.6 Å². The molecule has 0 saturated carbocycles. The van der Waals surface area contributed by atoms with E-state index in [1.54, 1.807) is 5.51 Å². The summed E-state index contributed by atoms with van der Waals surface area (Å²) >= 11 is 1.36. The van der Waals surface area contributed by atoms with Gasteiger partial charge in [-0.25, -0.2) is 9.78 Å². The minimum absolute atomic E-state index is 0.134. The van der Waals surface area contributed by atoms with Gasteiger partial charge in [0.2, 0.25) is 0 Å². The topological polar surface area (TPSA) is 50.2 Å². The van der Waals surface area contributed by atoms with Gasteiger partial charge in [-0.1, -0.05) is 29.3 Å². The average Bonchev–Trinajstić information content (AvgIpc) is 2.63. The molecule has 4 heteroatoms. The van der Waals surface area contributed by atoms with Crippen LogP contribution >= 0.6 is 11.3 Å². The largest absolute Gasteiger partial charge is 0.476 e. The van der Waals surface area contributed by atoms with E-state index in [1.165, 1.54) is 11.3 Å². The smallest absolute Gasteiger partial charge is 0.356 e. The monoisotopic (exact) mass is 233 g/mol. The molecule has 2 aromatic rings. The molecule has 0 saturated heterocycles. The number of nitrogens with zero attached hydrogens (tertiary/aromatic N) is 1. The van der Waals surface area contributed by atoms with Gasteiger partial charge < -0.3 is 5.11 Å². The van der Waals surface area contributed by atoms with E-state index in [-0.39, 0.29) is 5.69 Å². The molecule has 1 N–H and O–H groups in total. The van der Waals surface area contributed by atoms with Gasteiger partial charge in [0.15, 0.2) is 5.69 Å². The van der Waals surface area contributed by atoms with Crippen molar-refractivity contribution in [3.8, 4) is 10.4 Å². The fourth-order valence-electron chi connectivity index (χ4n) is 1.71. The number of benzene rings is 1. The summed E-state index contributed by atoms with van der Waals surface area (Å²) in [4.78, 5) is 15.6. The molecule has 0 atom stereocenters. The Kier molecular flexibility index (Phi) is 2.75. The van der Waals surface area contributed by atoms with Crippen molar-refractivity contribution in [3.05, 3.63) is 40.5 Å². The third kappa shape index (κ3) is 1.97. The first-order valence-corrected chi connectivity index (χ1v) is 5.71. The highest BCUT2D eigenvalue weighted by atomic mass is 32.1. The van der Waals surface area contributed by atoms with Crippen LogP contribution in [-0.2, 0) is 0 Å². The molecule has 0 unspecified atom stereocenters. The molecule has 1 aromatic carbocycles. The van der Waals surface area contributed by atoms with Crippen molar-refractivity contribution in [2.45, 2.75) is 13.8 Å². The Hall–Kier alpha value is -1.68. The van der Waals surface area contributed by atoms with Crippen LogP contribution in [0.25, 0.3) is 10.4 Å². The lowest BCUT2D eigenvalue weighted by atomic mass is 10.1. The normalized spacial score (nSPS) is 10.4. The van der Waals surface area contributed by atoms with E-state index in [0.29, 0.717) is 0 Å². The fraction of sp³-hybridized carbons (Fsp3) is 0.167. The summed E-state index contributed by atoms with van der Waals surface area (Å²) in [6.07, 6.45) is 0. The van der Waals surface area contributed by atoms with Crippen LogP contribution in [-0.4, -0.2) is 16.1 Å². The van der Waals surface area contributed by atoms with Gasteiger partial charge in [0.25, 0.3) is 0 Å². The summed E-state index contributed by atoms with van der Waals surface area (Å²) in [7, 11) is 0. The quantitative estimate of drug-likeness (QED) is 0.867. The zero-order chi connectivity index (χ0) is 11.7. The molecule has 0 radical (unpaired) electrons. The van der Waals surface area contributed by atoms with Gasteiger partial charge in [-0.2, -0.15) is 0 Å². The highest BCUT2D eigenvalue weighted by Gasteiger charge is 2.15. The van der Waals surface area contributed by atoms with Gasteiger partial charge in [0.05, 0.1) is 10.4 Å². The second-order valence-electron chi connectivity index (χ2n) is 3.71. The lowest BCUT2D eigenvalue weighted by Gasteiger charge is -2.03. The third-order valence-electron chi connectivity index (χ3n) is 2.25. The van der Waals surface area contributed by atoms with Gasteiger partial charge >= 0.3 is 5.97 Å². The highest BCUT2D eigenvalue weighted by molar-refractivity contribution is 7.13. The molecule has 0 amide bonds. The van der Waals surface area contributed by atoms with E-state index < -0.39 is 5.97 Å². The van der Waals surface area contributed by atoms with Crippen LogP contribution in [0.3, 0.4) is 0 Å². The van der Waals surface area contributed by atoms with E-state index in [9.17, 15) is 4.79 Å². The van der Waals surface area contributed by atoms with Crippen molar-refractivity contribution < 1.29 is 9.90 Å². The summed E-state index contributed by atoms with van der Waals surface area (Å²) in [5.74, 6) is -0.976. The van der Waals surface area contributed by atoms with Crippen molar-refractivity contribution in [3.63, 3.8) is 0 Å². The minimum Gasteiger partial charge on any atom is -0.476 e. The first-order chi connectivity index (χ1) is 7.58. The number of hydrogen-bond acceptors (Lipinski definition) is 3. The molecular weight excluding hydrogens is 222 g/mol. The van der Waals surface area contributed by atoms with Crippen molar-refractivity contribution >= 4 is 17.3 Å². The van der Waals surface area contributed by atoms with Gasteiger partial charge in [0.1, 0.15) is 0 Å². The van der Waals surface area contributed by atoms with Gasteiger partial charge in [0, 0.05) is 0 Å². The summed E-state index contributed by atoms with van der Waals surface area (Å²) in [5.41, 5.74) is 4.88. The zero-order valence-corrected chi connectivity index (χ0v) is 9.84. The molecule has 0 aliphatic heterocycles. The van der Waals surface area contributed by atoms with E-state index >= 15 is 0 Å². The SMILES string of the molecule is Cc1cc(C)cc(-c2scnc2C(=O)O)c1. The second kappa shape index (κ2) is 4.06. The van der Waals surface area contributed by atoms with Gasteiger partial charge in [-0.3, -0.25) is 0 Å². The first kappa shape index (κ1) is 10.8. The molecule has 16 heavy (non-hydrogen) atoms. The molecule has 1 aromatic heterocycles. The lowest BCUT2D eigenvalue weighted by molar-refractivity contribution is 0.0692. The summed E-state index contributed by atoms with van der Waals surface area (Å²) < 4.78 is 0. The molecule has 0 aliphatic carbocycles. The minimum atomic E-state index is -0.976. The van der Waals surface area contributed by atoms with Crippen LogP contribution in [0.5, 0.6) is 0 Å². The number of hydrogen-bond donors (Lipinski definition) is 1. The molecule has 0 aliphatic rings. The first-order valence-electron chi connectivity index (χ1n) is 4.83. The van der Waals surface area contributed by atoms with Crippen LogP contribution in [0.15, 0.2) is 23.7 Å². The molecule has 2 rings (SSSR count). The van der Waals surface area contributed by atoms with Crippen LogP contribution in [0, 0.1) is 13.8 Å². The molecule has 0 bridgehead atoms. The second-order valence-corrected chi connectivity index (χ2v) is 4.57. The zero-order valence-electron chi connectivity index (χ0n) is 9.02. The van der Waals surface area contributed by atoms with E-state index in [1.807, 2.05) is 26.0 Å². The van der Waals surface area contributed by atoms with Crippen LogP contribution in [0.1, 0.15) is 21.6 Å². The maximum atomic E-state index is 11.0. The van der Waals surface area contributed by atoms with Crippen molar-refractivity contribution in [2.24, 2.45) is 0 Å². The molecule has 82 valence electrons. The summed E-state index contributed by atoms with van der Waals surface area (Å²) in [5, 5.41) is 9.00. The third-order valence-corrected chi connectivity index (χ3v) is 3.13. The molecular formula is C12H11NO2S. The molecule has 0 spiro atoms. The maximum Gasteiger partial charge on any atom is 0.356 e. The number of aromatic carboxylic acids is 1. The van der Waals surface area contributed by atoms with Crippen molar-refractivity contribution in [1.29, 1.82) is 0 Å². The standard InChI is InChI=1S/C12H11NO2S/c1-7-3-8(2)5-9(4-7)11-10(12(14)15)13-6-16-11/h3-6H,1-2H3,(H,14,15). The average molecular weight is 233 g/mol. The number of aryl methyl sites for hydroxylation is 2. The summed E-state index contributed by atoms with van der Waals surface area (Å²) in [6.45, 7) is 4.00. The predicted octanol–water partition coefficient (Wildman–Crippen LogP) is 3.13. The Morgan fingerprint density at radius 2 is 1.88 bits per heavy atom. The Morgan fingerprint density at radius 3 is 2.44 bits per heavy atom. The number of carbonyl (C=O) groups is 1. The Morgan fingerprint density at radius 1 is 1.25 bits per heavy atom. The predicted molar refractivity (Wildman–Crippen MR) is 64.0 cm³/mol. The number of rotatable bonds is 2. The van der Waals surface area contributed by atoms with Gasteiger partial charge in [-0.05, 0) is 19.4 Å². The Labute approximate surface area is 97.4 Å². The van der Waals surface area contributed by atoms with Crippen LogP contribution < -0.4 is 0 Å². The van der Waals surface area contributed by atoms with Gasteiger partial charge in [-0.15, -0.1) is 11.3 Å². The van der Waals surface area contributed by atoms with Crippen LogP contribution in [0.4, 0.5) is 0 Å². The number of carboxylic acid groups (broad SMARTS) is 1. The van der Waals surface area contributed by atoms with E-state index in [2.05, 4.69) is 11.1 Å². The van der Waals surface area contributed by atoms with Crippen molar-refractivity contribution in [1.82, 2.24) is 4.98 Å². The molecule has 1 heterocycles. The molecule has 0 fully saturated rings.